The first-order valence-corrected chi connectivity index (χ1v) is 39.6. The summed E-state index contributed by atoms with van der Waals surface area (Å²) in [4.78, 5) is 24.7. The molecule has 0 saturated carbocycles. The molecule has 0 bridgehead atoms. The zero-order valence-electron chi connectivity index (χ0n) is 58.0. The largest absolute Gasteiger partial charge is 0.462 e. The van der Waals surface area contributed by atoms with Gasteiger partial charge in [-0.1, -0.05) is 450 Å². The van der Waals surface area contributed by atoms with E-state index in [0.717, 1.165) is 32.1 Å². The van der Waals surface area contributed by atoms with Crippen LogP contribution in [0.4, 0.5) is 0 Å². The Morgan fingerprint density at radius 2 is 0.369 bits per heavy atom. The molecule has 0 rings (SSSR count). The minimum atomic E-state index is -0.766. The number of unbranched alkanes of at least 4 members (excludes halogenated alkanes) is 68. The van der Waals surface area contributed by atoms with Crippen LogP contribution in [0, 0.1) is 0 Å². The van der Waals surface area contributed by atoms with E-state index in [9.17, 15) is 14.7 Å². The van der Waals surface area contributed by atoms with Gasteiger partial charge in [-0.25, -0.2) is 0 Å². The minimum absolute atomic E-state index is 0.0551. The van der Waals surface area contributed by atoms with E-state index in [1.807, 2.05) is 0 Å². The monoisotopic (exact) mass is 1190 g/mol. The van der Waals surface area contributed by atoms with Crippen LogP contribution in [0.25, 0.3) is 0 Å². The predicted octanol–water partition coefficient (Wildman–Crippen LogP) is 27.6. The van der Waals surface area contributed by atoms with Gasteiger partial charge in [0.15, 0.2) is 6.10 Å². The highest BCUT2D eigenvalue weighted by Gasteiger charge is 2.16. The van der Waals surface area contributed by atoms with Crippen molar-refractivity contribution in [1.29, 1.82) is 0 Å². The Balaban J connectivity index is 3.33. The molecular weight excluding hydrogens is 1030 g/mol. The minimum Gasteiger partial charge on any atom is -0.462 e. The van der Waals surface area contributed by atoms with E-state index >= 15 is 0 Å². The van der Waals surface area contributed by atoms with Crippen molar-refractivity contribution in [3.63, 3.8) is 0 Å². The van der Waals surface area contributed by atoms with Crippen LogP contribution in [-0.4, -0.2) is 36.4 Å². The smallest absolute Gasteiger partial charge is 0.306 e. The maximum Gasteiger partial charge on any atom is 0.306 e. The molecule has 0 heterocycles. The SMILES string of the molecule is CCCCCCCCCCCCCCCCCCCCCCCCCCCCCCCCCCCCCCC(=O)OC(CO)COC(=O)CCCCCCCCCCCCCCCCCCCCCCCCCCCCCCCCCCCC. The van der Waals surface area contributed by atoms with Crippen molar-refractivity contribution in [3.05, 3.63) is 0 Å². The fraction of sp³-hybridized carbons (Fsp3) is 0.975. The van der Waals surface area contributed by atoms with Crippen LogP contribution < -0.4 is 0 Å². The highest BCUT2D eigenvalue weighted by atomic mass is 16.6. The molecule has 0 aliphatic rings. The fourth-order valence-electron chi connectivity index (χ4n) is 13.0. The number of aliphatic hydroxyl groups excluding tert-OH is 1. The standard InChI is InChI=1S/C79H156O5/c1-3-5-7-9-11-13-15-17-19-21-23-25-27-29-31-33-35-37-39-40-42-44-46-48-50-52-54-56-58-60-62-64-66-68-70-72-74-79(82)84-77(75-80)76-83-78(81)73-71-69-67-65-63-61-59-57-55-53-51-49-47-45-43-41-38-36-34-32-30-28-26-24-22-20-18-16-14-12-10-8-6-4-2/h77,80H,3-76H2,1-2H3. The number of hydrogen-bond acceptors (Lipinski definition) is 5. The second-order valence-corrected chi connectivity index (χ2v) is 27.5. The maximum atomic E-state index is 12.4. The van der Waals surface area contributed by atoms with E-state index in [-0.39, 0.29) is 25.2 Å². The van der Waals surface area contributed by atoms with Crippen molar-refractivity contribution >= 4 is 11.9 Å². The van der Waals surface area contributed by atoms with Gasteiger partial charge in [0, 0.05) is 12.8 Å². The summed E-state index contributed by atoms with van der Waals surface area (Å²) in [5.74, 6) is -0.556. The molecule has 0 amide bonds. The van der Waals surface area contributed by atoms with Crippen LogP contribution in [0.3, 0.4) is 0 Å². The predicted molar refractivity (Wildman–Crippen MR) is 372 cm³/mol. The molecule has 1 N–H and O–H groups in total. The van der Waals surface area contributed by atoms with Crippen LogP contribution in [0.2, 0.25) is 0 Å². The summed E-state index contributed by atoms with van der Waals surface area (Å²) in [5.41, 5.74) is 0. The summed E-state index contributed by atoms with van der Waals surface area (Å²) in [6.45, 7) is 4.24. The molecule has 0 spiro atoms. The number of aliphatic hydroxyl groups is 1. The molecule has 0 radical (unpaired) electrons. The average molecular weight is 1190 g/mol. The summed E-state index contributed by atoms with van der Waals surface area (Å²) in [6.07, 6.45) is 97.8. The van der Waals surface area contributed by atoms with Crippen molar-refractivity contribution < 1.29 is 24.2 Å². The molecule has 0 aromatic carbocycles. The highest BCUT2D eigenvalue weighted by molar-refractivity contribution is 5.70. The summed E-state index contributed by atoms with van der Waals surface area (Å²) in [6, 6.07) is 0. The van der Waals surface area contributed by atoms with Gasteiger partial charge in [-0.2, -0.15) is 0 Å². The molecule has 84 heavy (non-hydrogen) atoms. The number of carbonyl (C=O) groups is 2. The Labute approximate surface area is 529 Å². The van der Waals surface area contributed by atoms with Gasteiger partial charge >= 0.3 is 11.9 Å². The summed E-state index contributed by atoms with van der Waals surface area (Å²) in [7, 11) is 0. The van der Waals surface area contributed by atoms with Crippen molar-refractivity contribution in [2.75, 3.05) is 13.2 Å². The zero-order chi connectivity index (χ0) is 60.5. The first-order chi connectivity index (χ1) is 41.6. The van der Waals surface area contributed by atoms with Crippen LogP contribution in [0.15, 0.2) is 0 Å². The van der Waals surface area contributed by atoms with Gasteiger partial charge in [-0.3, -0.25) is 9.59 Å². The lowest BCUT2D eigenvalue weighted by Gasteiger charge is -2.15. The molecule has 1 unspecified atom stereocenters. The third kappa shape index (κ3) is 73.4. The molecule has 0 aromatic heterocycles. The number of rotatable bonds is 76. The number of hydrogen-bond donors (Lipinski definition) is 1. The lowest BCUT2D eigenvalue weighted by atomic mass is 10.0. The first-order valence-electron chi connectivity index (χ1n) is 39.6. The first kappa shape index (κ1) is 82.9. The number of carbonyl (C=O) groups excluding carboxylic acids is 2. The Kier molecular flexibility index (Phi) is 75.2. The van der Waals surface area contributed by atoms with Crippen molar-refractivity contribution in [2.45, 2.75) is 482 Å². The second kappa shape index (κ2) is 76.1. The number of esters is 2. The molecule has 0 aliphatic heterocycles. The summed E-state index contributed by atoms with van der Waals surface area (Å²) >= 11 is 0. The summed E-state index contributed by atoms with van der Waals surface area (Å²) in [5, 5.41) is 9.72. The molecule has 502 valence electrons. The molecule has 0 saturated heterocycles. The molecule has 0 aliphatic carbocycles. The highest BCUT2D eigenvalue weighted by Crippen LogP contribution is 2.21. The third-order valence-electron chi connectivity index (χ3n) is 18.9. The van der Waals surface area contributed by atoms with E-state index in [1.165, 1.54) is 417 Å². The third-order valence-corrected chi connectivity index (χ3v) is 18.9. The topological polar surface area (TPSA) is 72.8 Å². The Morgan fingerprint density at radius 1 is 0.226 bits per heavy atom. The van der Waals surface area contributed by atoms with E-state index in [0.29, 0.717) is 12.8 Å². The van der Waals surface area contributed by atoms with Crippen molar-refractivity contribution in [2.24, 2.45) is 0 Å². The van der Waals surface area contributed by atoms with Crippen LogP contribution in [0.5, 0.6) is 0 Å². The van der Waals surface area contributed by atoms with E-state index in [1.54, 1.807) is 0 Å². The average Bonchev–Trinajstić information content (AvgIpc) is 3.51. The molecule has 0 aromatic rings. The molecule has 5 heteroatoms. The molecule has 1 atom stereocenters. The lowest BCUT2D eigenvalue weighted by Crippen LogP contribution is -2.28. The fourth-order valence-corrected chi connectivity index (χ4v) is 13.0. The molecule has 0 fully saturated rings. The maximum absolute atomic E-state index is 12.4. The van der Waals surface area contributed by atoms with Crippen molar-refractivity contribution in [1.82, 2.24) is 0 Å². The van der Waals surface area contributed by atoms with Gasteiger partial charge in [0.25, 0.3) is 0 Å². The molecular formula is C79H156O5. The van der Waals surface area contributed by atoms with Crippen molar-refractivity contribution in [3.8, 4) is 0 Å². The van der Waals surface area contributed by atoms with E-state index in [4.69, 9.17) is 9.47 Å². The van der Waals surface area contributed by atoms with E-state index < -0.39 is 6.10 Å². The van der Waals surface area contributed by atoms with Crippen LogP contribution in [-0.2, 0) is 19.1 Å². The van der Waals surface area contributed by atoms with Gasteiger partial charge < -0.3 is 14.6 Å². The quantitative estimate of drug-likeness (QED) is 0.0485. The van der Waals surface area contributed by atoms with Crippen LogP contribution in [0.1, 0.15) is 476 Å². The van der Waals surface area contributed by atoms with Gasteiger partial charge in [0.05, 0.1) is 6.61 Å². The molecule has 5 nitrogen and oxygen atoms in total. The lowest BCUT2D eigenvalue weighted by molar-refractivity contribution is -0.161. The van der Waals surface area contributed by atoms with Gasteiger partial charge in [0.2, 0.25) is 0 Å². The Morgan fingerprint density at radius 3 is 0.524 bits per heavy atom. The van der Waals surface area contributed by atoms with Gasteiger partial charge in [0.1, 0.15) is 6.61 Å². The number of ether oxygens (including phenoxy) is 2. The van der Waals surface area contributed by atoms with Gasteiger partial charge in [-0.05, 0) is 12.8 Å². The zero-order valence-corrected chi connectivity index (χ0v) is 58.0. The van der Waals surface area contributed by atoms with Gasteiger partial charge in [-0.15, -0.1) is 0 Å². The Bertz CT molecular complexity index is 1200. The van der Waals surface area contributed by atoms with E-state index in [2.05, 4.69) is 13.8 Å². The summed E-state index contributed by atoms with van der Waals surface area (Å²) < 4.78 is 10.8. The Hall–Kier alpha value is -1.10. The van der Waals surface area contributed by atoms with Crippen LogP contribution >= 0.6 is 0 Å². The second-order valence-electron chi connectivity index (χ2n) is 27.5. The normalized spacial score (nSPS) is 12.0.